The molecule has 2 aromatic carbocycles. The van der Waals surface area contributed by atoms with Crippen LogP contribution in [-0.2, 0) is 22.6 Å². The molecule has 1 aliphatic heterocycles. The van der Waals surface area contributed by atoms with Gasteiger partial charge in [0.15, 0.2) is 0 Å². The van der Waals surface area contributed by atoms with Crippen molar-refractivity contribution in [3.63, 3.8) is 0 Å². The Hall–Kier alpha value is -3.67. The van der Waals surface area contributed by atoms with Crippen molar-refractivity contribution in [3.8, 4) is 0 Å². The molecule has 6 nitrogen and oxygen atoms in total. The van der Waals surface area contributed by atoms with Gasteiger partial charge >= 0.3 is 0 Å². The molecule has 1 N–H and O–H groups in total. The topological polar surface area (TPSA) is 71.4 Å². The van der Waals surface area contributed by atoms with E-state index < -0.39 is 0 Å². The maximum atomic E-state index is 12.8. The molecule has 152 valence electrons. The molecule has 0 saturated carbocycles. The molecule has 4 rings (SSSR count). The molecule has 0 spiro atoms. The average Bonchev–Trinajstić information content (AvgIpc) is 3.34. The van der Waals surface area contributed by atoms with Crippen molar-refractivity contribution in [1.29, 1.82) is 0 Å². The van der Waals surface area contributed by atoms with Crippen LogP contribution in [0.3, 0.4) is 0 Å². The summed E-state index contributed by atoms with van der Waals surface area (Å²) in [5.41, 5.74) is 3.76. The van der Waals surface area contributed by atoms with Crippen molar-refractivity contribution in [2.45, 2.75) is 32.7 Å². The Morgan fingerprint density at radius 1 is 0.967 bits per heavy atom. The van der Waals surface area contributed by atoms with Crippen LogP contribution >= 0.6 is 0 Å². The minimum Gasteiger partial charge on any atom is -0.343 e. The standard InChI is InChI=1S/C24H23N3O3/c1-17-16-19(9-10-20(17)27-22(28)11-12-23(27)29)25-24(30)21-8-5-14-26(21)15-13-18-6-3-2-4-7-18/h2-10,14,16H,11-13,15H2,1H3,(H,25,30). The lowest BCUT2D eigenvalue weighted by Gasteiger charge is -2.17. The van der Waals surface area contributed by atoms with Crippen LogP contribution in [0, 0.1) is 6.92 Å². The largest absolute Gasteiger partial charge is 0.343 e. The molecule has 1 fully saturated rings. The minimum atomic E-state index is -0.200. The normalized spacial score (nSPS) is 13.7. The molecule has 6 heteroatoms. The summed E-state index contributed by atoms with van der Waals surface area (Å²) >= 11 is 0. The number of imide groups is 1. The molecule has 30 heavy (non-hydrogen) atoms. The number of aryl methyl sites for hydroxylation is 3. The monoisotopic (exact) mass is 401 g/mol. The van der Waals surface area contributed by atoms with E-state index in [9.17, 15) is 14.4 Å². The highest BCUT2D eigenvalue weighted by atomic mass is 16.2. The van der Waals surface area contributed by atoms with Gasteiger partial charge in [0, 0.05) is 31.3 Å². The highest BCUT2D eigenvalue weighted by Gasteiger charge is 2.31. The lowest BCUT2D eigenvalue weighted by molar-refractivity contribution is -0.121. The van der Waals surface area contributed by atoms with Gasteiger partial charge in [-0.1, -0.05) is 30.3 Å². The van der Waals surface area contributed by atoms with E-state index >= 15 is 0 Å². The Morgan fingerprint density at radius 2 is 1.70 bits per heavy atom. The maximum Gasteiger partial charge on any atom is 0.272 e. The minimum absolute atomic E-state index is 0.184. The number of nitrogens with zero attached hydrogens (tertiary/aromatic N) is 2. The number of carbonyl (C=O) groups excluding carboxylic acids is 3. The molecule has 1 saturated heterocycles. The van der Waals surface area contributed by atoms with E-state index in [1.54, 1.807) is 24.3 Å². The molecule has 2 heterocycles. The number of carbonyl (C=O) groups is 3. The van der Waals surface area contributed by atoms with E-state index in [1.807, 2.05) is 42.0 Å². The Bertz CT molecular complexity index is 1090. The van der Waals surface area contributed by atoms with Crippen molar-refractivity contribution in [3.05, 3.63) is 83.7 Å². The van der Waals surface area contributed by atoms with Crippen LogP contribution in [0.1, 0.15) is 34.5 Å². The van der Waals surface area contributed by atoms with Crippen LogP contribution in [-0.4, -0.2) is 22.3 Å². The zero-order valence-corrected chi connectivity index (χ0v) is 16.8. The number of benzene rings is 2. The predicted molar refractivity (Wildman–Crippen MR) is 115 cm³/mol. The van der Waals surface area contributed by atoms with Gasteiger partial charge in [-0.2, -0.15) is 0 Å². The second-order valence-corrected chi connectivity index (χ2v) is 7.40. The third-order valence-corrected chi connectivity index (χ3v) is 5.29. The van der Waals surface area contributed by atoms with Gasteiger partial charge in [-0.25, -0.2) is 0 Å². The molecule has 3 aromatic rings. The van der Waals surface area contributed by atoms with Crippen LogP contribution < -0.4 is 10.2 Å². The SMILES string of the molecule is Cc1cc(NC(=O)c2cccn2CCc2ccccc2)ccc1N1C(=O)CCC1=O. The van der Waals surface area contributed by atoms with Crippen LogP contribution in [0.4, 0.5) is 11.4 Å². The van der Waals surface area contributed by atoms with Crippen molar-refractivity contribution in [1.82, 2.24) is 4.57 Å². The quantitative estimate of drug-likeness (QED) is 0.636. The summed E-state index contributed by atoms with van der Waals surface area (Å²) in [6.07, 6.45) is 3.23. The first-order valence-electron chi connectivity index (χ1n) is 10.00. The number of aromatic nitrogens is 1. The number of amides is 3. The first-order valence-corrected chi connectivity index (χ1v) is 10.00. The number of nitrogens with one attached hydrogen (secondary N) is 1. The van der Waals surface area contributed by atoms with Crippen molar-refractivity contribution >= 4 is 29.1 Å². The van der Waals surface area contributed by atoms with Gasteiger partial charge in [0.2, 0.25) is 11.8 Å². The van der Waals surface area contributed by atoms with Crippen molar-refractivity contribution in [2.75, 3.05) is 10.2 Å². The van der Waals surface area contributed by atoms with Gasteiger partial charge in [0.05, 0.1) is 5.69 Å². The first kappa shape index (κ1) is 19.6. The van der Waals surface area contributed by atoms with Crippen LogP contribution in [0.15, 0.2) is 66.9 Å². The zero-order chi connectivity index (χ0) is 21.1. The van der Waals surface area contributed by atoms with E-state index in [0.717, 1.165) is 12.0 Å². The molecule has 0 bridgehead atoms. The number of anilines is 2. The van der Waals surface area contributed by atoms with Crippen LogP contribution in [0.5, 0.6) is 0 Å². The van der Waals surface area contributed by atoms with Gasteiger partial charge < -0.3 is 9.88 Å². The fourth-order valence-electron chi connectivity index (χ4n) is 3.73. The molecule has 1 aliphatic rings. The molecular weight excluding hydrogens is 378 g/mol. The Kier molecular flexibility index (Phi) is 5.48. The highest BCUT2D eigenvalue weighted by Crippen LogP contribution is 2.28. The van der Waals surface area contributed by atoms with Gasteiger partial charge in [-0.05, 0) is 54.8 Å². The van der Waals surface area contributed by atoms with Crippen molar-refractivity contribution in [2.24, 2.45) is 0 Å². The molecule has 1 aromatic heterocycles. The van der Waals surface area contributed by atoms with E-state index in [1.165, 1.54) is 10.5 Å². The molecule has 0 aliphatic carbocycles. The lowest BCUT2D eigenvalue weighted by atomic mass is 10.1. The van der Waals surface area contributed by atoms with Crippen LogP contribution in [0.2, 0.25) is 0 Å². The van der Waals surface area contributed by atoms with Gasteiger partial charge in [-0.15, -0.1) is 0 Å². The Labute approximate surface area is 175 Å². The third kappa shape index (κ3) is 4.03. The Morgan fingerprint density at radius 3 is 2.40 bits per heavy atom. The summed E-state index contributed by atoms with van der Waals surface area (Å²) in [7, 11) is 0. The Balaban J connectivity index is 1.46. The third-order valence-electron chi connectivity index (χ3n) is 5.29. The van der Waals surface area contributed by atoms with Crippen LogP contribution in [0.25, 0.3) is 0 Å². The number of hydrogen-bond donors (Lipinski definition) is 1. The van der Waals surface area contributed by atoms with E-state index in [2.05, 4.69) is 17.4 Å². The molecule has 0 unspecified atom stereocenters. The van der Waals surface area contributed by atoms with E-state index in [-0.39, 0.29) is 30.6 Å². The maximum absolute atomic E-state index is 12.8. The molecule has 0 radical (unpaired) electrons. The van der Waals surface area contributed by atoms with Crippen molar-refractivity contribution < 1.29 is 14.4 Å². The fourth-order valence-corrected chi connectivity index (χ4v) is 3.73. The second-order valence-electron chi connectivity index (χ2n) is 7.40. The smallest absolute Gasteiger partial charge is 0.272 e. The summed E-state index contributed by atoms with van der Waals surface area (Å²) in [6.45, 7) is 2.53. The van der Waals surface area contributed by atoms with Gasteiger partial charge in [0.25, 0.3) is 5.91 Å². The highest BCUT2D eigenvalue weighted by molar-refractivity contribution is 6.20. The zero-order valence-electron chi connectivity index (χ0n) is 16.8. The summed E-state index contributed by atoms with van der Waals surface area (Å²) in [5.74, 6) is -0.569. The fraction of sp³-hybridized carbons (Fsp3) is 0.208. The molecule has 3 amide bonds. The van der Waals surface area contributed by atoms with Gasteiger partial charge in [-0.3, -0.25) is 19.3 Å². The van der Waals surface area contributed by atoms with E-state index in [0.29, 0.717) is 23.6 Å². The first-order chi connectivity index (χ1) is 14.5. The summed E-state index contributed by atoms with van der Waals surface area (Å²) in [4.78, 5) is 38.0. The van der Waals surface area contributed by atoms with Gasteiger partial charge in [0.1, 0.15) is 5.69 Å². The predicted octanol–water partition coefficient (Wildman–Crippen LogP) is 3.94. The lowest BCUT2D eigenvalue weighted by Crippen LogP contribution is -2.29. The summed E-state index contributed by atoms with van der Waals surface area (Å²) < 4.78 is 1.94. The number of rotatable bonds is 6. The molecule has 0 atom stereocenters. The second kappa shape index (κ2) is 8.37. The summed E-state index contributed by atoms with van der Waals surface area (Å²) in [6, 6.07) is 19.0. The average molecular weight is 401 g/mol. The summed E-state index contributed by atoms with van der Waals surface area (Å²) in [5, 5.41) is 2.92. The van der Waals surface area contributed by atoms with E-state index in [4.69, 9.17) is 0 Å². The molecular formula is C24H23N3O3. The number of hydrogen-bond acceptors (Lipinski definition) is 3.